The maximum atomic E-state index is 14.8. The van der Waals surface area contributed by atoms with Crippen LogP contribution in [0.2, 0.25) is 0 Å². The van der Waals surface area contributed by atoms with E-state index in [-0.39, 0.29) is 0 Å². The molecule has 3 rings (SSSR count). The van der Waals surface area contributed by atoms with Gasteiger partial charge in [-0.2, -0.15) is 5.10 Å². The first-order valence-corrected chi connectivity index (χ1v) is 6.04. The number of nitrogens with zero attached hydrogens (tertiary/aromatic N) is 2. The molecule has 90 valence electrons. The Labute approximate surface area is 99.6 Å². The predicted molar refractivity (Wildman–Crippen MR) is 65.7 cm³/mol. The number of piperidine rings is 1. The molecule has 1 N–H and O–H groups in total. The van der Waals surface area contributed by atoms with Crippen molar-refractivity contribution in [2.45, 2.75) is 25.6 Å². The van der Waals surface area contributed by atoms with E-state index in [4.69, 9.17) is 0 Å². The van der Waals surface area contributed by atoms with Gasteiger partial charge in [0.2, 0.25) is 5.79 Å². The summed E-state index contributed by atoms with van der Waals surface area (Å²) in [5, 5.41) is 8.34. The molecule has 1 aromatic heterocycles. The van der Waals surface area contributed by atoms with Crippen LogP contribution in [0.15, 0.2) is 24.4 Å². The van der Waals surface area contributed by atoms with Crippen LogP contribution in [-0.4, -0.2) is 22.9 Å². The predicted octanol–water partition coefficient (Wildman–Crippen LogP) is 2.35. The zero-order valence-corrected chi connectivity index (χ0v) is 9.91. The van der Waals surface area contributed by atoms with Crippen molar-refractivity contribution in [2.75, 3.05) is 13.1 Å². The number of nitrogens with one attached hydrogen (secondary N) is 1. The molecule has 17 heavy (non-hydrogen) atoms. The highest BCUT2D eigenvalue weighted by Crippen LogP contribution is 2.30. The minimum Gasteiger partial charge on any atom is -0.312 e. The second kappa shape index (κ2) is 3.81. The SMILES string of the molecule is Cc1ccc2c(cnn2C2(F)CCCNC2)c1. The van der Waals surface area contributed by atoms with Gasteiger partial charge in [-0.05, 0) is 32.0 Å². The molecule has 4 heteroatoms. The monoisotopic (exact) mass is 233 g/mol. The number of halogens is 1. The second-order valence-corrected chi connectivity index (χ2v) is 4.82. The fourth-order valence-electron chi connectivity index (χ4n) is 2.51. The summed E-state index contributed by atoms with van der Waals surface area (Å²) in [6.07, 6.45) is 3.13. The maximum Gasteiger partial charge on any atom is 0.214 e. The summed E-state index contributed by atoms with van der Waals surface area (Å²) in [5.41, 5.74) is 2.05. The van der Waals surface area contributed by atoms with Crippen molar-refractivity contribution < 1.29 is 4.39 Å². The number of benzene rings is 1. The summed E-state index contributed by atoms with van der Waals surface area (Å²) in [5.74, 6) is -1.38. The number of hydrogen-bond donors (Lipinski definition) is 1. The lowest BCUT2D eigenvalue weighted by Crippen LogP contribution is -2.44. The van der Waals surface area contributed by atoms with E-state index in [1.165, 1.54) is 10.2 Å². The molecule has 0 amide bonds. The van der Waals surface area contributed by atoms with E-state index >= 15 is 0 Å². The maximum absolute atomic E-state index is 14.8. The normalized spacial score (nSPS) is 25.3. The molecule has 2 heterocycles. The molecule has 0 bridgehead atoms. The Hall–Kier alpha value is -1.42. The smallest absolute Gasteiger partial charge is 0.214 e. The summed E-state index contributed by atoms with van der Waals surface area (Å²) >= 11 is 0. The highest BCUT2D eigenvalue weighted by Gasteiger charge is 2.35. The third-order valence-corrected chi connectivity index (χ3v) is 3.41. The Morgan fingerprint density at radius 1 is 1.47 bits per heavy atom. The topological polar surface area (TPSA) is 29.9 Å². The first kappa shape index (κ1) is 10.7. The van der Waals surface area contributed by atoms with Crippen molar-refractivity contribution in [2.24, 2.45) is 0 Å². The molecule has 1 aromatic carbocycles. The van der Waals surface area contributed by atoms with Gasteiger partial charge in [-0.1, -0.05) is 11.6 Å². The summed E-state index contributed by atoms with van der Waals surface area (Å²) in [7, 11) is 0. The first-order valence-electron chi connectivity index (χ1n) is 6.04. The number of aromatic nitrogens is 2. The Balaban J connectivity index is 2.10. The van der Waals surface area contributed by atoms with Crippen LogP contribution in [-0.2, 0) is 5.79 Å². The van der Waals surface area contributed by atoms with Crippen molar-refractivity contribution in [3.05, 3.63) is 30.0 Å². The molecule has 3 nitrogen and oxygen atoms in total. The largest absolute Gasteiger partial charge is 0.312 e. The van der Waals surface area contributed by atoms with Crippen LogP contribution in [0.4, 0.5) is 4.39 Å². The van der Waals surface area contributed by atoms with Gasteiger partial charge in [-0.15, -0.1) is 0 Å². The van der Waals surface area contributed by atoms with Gasteiger partial charge >= 0.3 is 0 Å². The van der Waals surface area contributed by atoms with Crippen molar-refractivity contribution >= 4 is 10.9 Å². The quantitative estimate of drug-likeness (QED) is 0.819. The highest BCUT2D eigenvalue weighted by molar-refractivity contribution is 5.79. The van der Waals surface area contributed by atoms with E-state index in [2.05, 4.69) is 10.4 Å². The van der Waals surface area contributed by atoms with Crippen LogP contribution in [0.25, 0.3) is 10.9 Å². The van der Waals surface area contributed by atoms with Crippen LogP contribution < -0.4 is 5.32 Å². The fraction of sp³-hybridized carbons (Fsp3) is 0.462. The fourth-order valence-corrected chi connectivity index (χ4v) is 2.51. The lowest BCUT2D eigenvalue weighted by atomic mass is 10.0. The minimum atomic E-state index is -1.38. The minimum absolute atomic E-state index is 0.345. The third-order valence-electron chi connectivity index (χ3n) is 3.41. The van der Waals surface area contributed by atoms with Gasteiger partial charge in [0.1, 0.15) is 0 Å². The molecular weight excluding hydrogens is 217 g/mol. The van der Waals surface area contributed by atoms with Gasteiger partial charge < -0.3 is 5.32 Å². The molecule has 1 fully saturated rings. The van der Waals surface area contributed by atoms with E-state index in [0.29, 0.717) is 13.0 Å². The molecule has 1 aliphatic heterocycles. The Morgan fingerprint density at radius 3 is 3.12 bits per heavy atom. The van der Waals surface area contributed by atoms with Crippen LogP contribution in [0.5, 0.6) is 0 Å². The van der Waals surface area contributed by atoms with Crippen molar-refractivity contribution in [3.8, 4) is 0 Å². The molecule has 1 atom stereocenters. The van der Waals surface area contributed by atoms with Gasteiger partial charge in [0, 0.05) is 11.8 Å². The number of alkyl halides is 1. The summed E-state index contributed by atoms with van der Waals surface area (Å²) < 4.78 is 16.3. The molecule has 0 radical (unpaired) electrons. The van der Waals surface area contributed by atoms with Crippen LogP contribution in [0, 0.1) is 6.92 Å². The lowest BCUT2D eigenvalue weighted by molar-refractivity contribution is 0.0301. The molecule has 1 unspecified atom stereocenters. The van der Waals surface area contributed by atoms with Gasteiger partial charge in [0.15, 0.2) is 0 Å². The molecule has 1 saturated heterocycles. The molecule has 2 aromatic rings. The standard InChI is InChI=1S/C13H16FN3/c1-10-3-4-12-11(7-10)8-16-17(12)13(14)5-2-6-15-9-13/h3-4,7-8,15H,2,5-6,9H2,1H3. The number of aryl methyl sites for hydroxylation is 1. The van der Waals surface area contributed by atoms with Crippen LogP contribution in [0.1, 0.15) is 18.4 Å². The average Bonchev–Trinajstić information content (AvgIpc) is 2.73. The van der Waals surface area contributed by atoms with Crippen LogP contribution >= 0.6 is 0 Å². The molecule has 0 spiro atoms. The summed E-state index contributed by atoms with van der Waals surface area (Å²) in [4.78, 5) is 0. The molecule has 1 aliphatic rings. The zero-order valence-electron chi connectivity index (χ0n) is 9.91. The second-order valence-electron chi connectivity index (χ2n) is 4.82. The Kier molecular flexibility index (Phi) is 2.40. The average molecular weight is 233 g/mol. The highest BCUT2D eigenvalue weighted by atomic mass is 19.1. The van der Waals surface area contributed by atoms with Crippen molar-refractivity contribution in [3.63, 3.8) is 0 Å². The van der Waals surface area contributed by atoms with E-state index in [0.717, 1.165) is 23.9 Å². The first-order chi connectivity index (χ1) is 8.19. The van der Waals surface area contributed by atoms with Gasteiger partial charge in [-0.3, -0.25) is 0 Å². The van der Waals surface area contributed by atoms with E-state index in [1.54, 1.807) is 6.20 Å². The Bertz CT molecular complexity index is 541. The van der Waals surface area contributed by atoms with E-state index in [9.17, 15) is 4.39 Å². The van der Waals surface area contributed by atoms with Crippen LogP contribution in [0.3, 0.4) is 0 Å². The molecular formula is C13H16FN3. The van der Waals surface area contributed by atoms with Gasteiger partial charge in [-0.25, -0.2) is 9.07 Å². The Morgan fingerprint density at radius 2 is 2.35 bits per heavy atom. The van der Waals surface area contributed by atoms with E-state index in [1.807, 2.05) is 25.1 Å². The van der Waals surface area contributed by atoms with Gasteiger partial charge in [0.05, 0.1) is 18.3 Å². The van der Waals surface area contributed by atoms with E-state index < -0.39 is 5.79 Å². The zero-order chi connectivity index (χ0) is 11.9. The number of rotatable bonds is 1. The lowest BCUT2D eigenvalue weighted by Gasteiger charge is -2.30. The number of fused-ring (bicyclic) bond motifs is 1. The molecule has 0 aliphatic carbocycles. The molecule has 0 saturated carbocycles. The van der Waals surface area contributed by atoms with Gasteiger partial charge in [0.25, 0.3) is 0 Å². The summed E-state index contributed by atoms with van der Waals surface area (Å²) in [6, 6.07) is 5.99. The van der Waals surface area contributed by atoms with Crippen molar-refractivity contribution in [1.82, 2.24) is 15.1 Å². The third kappa shape index (κ3) is 1.72. The number of hydrogen-bond acceptors (Lipinski definition) is 2. The summed E-state index contributed by atoms with van der Waals surface area (Å²) in [6.45, 7) is 3.27. The van der Waals surface area contributed by atoms with Crippen molar-refractivity contribution in [1.29, 1.82) is 0 Å².